The number of ether oxygens (including phenoxy) is 2. The van der Waals surface area contributed by atoms with E-state index >= 15 is 0 Å². The van der Waals surface area contributed by atoms with Crippen LogP contribution >= 0.6 is 0 Å². The molecule has 0 fully saturated rings. The number of hydrogen-bond donors (Lipinski definition) is 1. The van der Waals surface area contributed by atoms with Gasteiger partial charge in [-0.05, 0) is 37.6 Å². The summed E-state index contributed by atoms with van der Waals surface area (Å²) in [5.74, 6) is -0.785. The summed E-state index contributed by atoms with van der Waals surface area (Å²) in [4.78, 5) is 36.6. The van der Waals surface area contributed by atoms with Gasteiger partial charge >= 0.3 is 5.97 Å². The lowest BCUT2D eigenvalue weighted by atomic mass is 10.1. The van der Waals surface area contributed by atoms with E-state index in [1.807, 2.05) is 30.3 Å². The summed E-state index contributed by atoms with van der Waals surface area (Å²) in [6.45, 7) is 3.58. The zero-order chi connectivity index (χ0) is 22.0. The highest BCUT2D eigenvalue weighted by Gasteiger charge is 2.22. The number of amides is 1. The van der Waals surface area contributed by atoms with Crippen LogP contribution in [0.4, 0.5) is 5.69 Å². The number of Topliss-reactive ketones (excluding diaryl/α,β-unsaturated/α-hetero) is 1. The number of rotatable bonds is 6. The van der Waals surface area contributed by atoms with Gasteiger partial charge in [0.25, 0.3) is 5.91 Å². The lowest BCUT2D eigenvalue weighted by molar-refractivity contribution is -0.118. The Labute approximate surface area is 178 Å². The predicted molar refractivity (Wildman–Crippen MR) is 112 cm³/mol. The Bertz CT molecular complexity index is 1170. The molecule has 0 spiro atoms. The summed E-state index contributed by atoms with van der Waals surface area (Å²) in [7, 11) is 0. The SMILES string of the molecule is Cc1nn(Cc2ccccc2)c(C)c1C(=O)OCC(=O)c1ccc2c(c1)NC(=O)CO2. The zero-order valence-electron chi connectivity index (χ0n) is 17.2. The maximum atomic E-state index is 12.7. The third-order valence-corrected chi connectivity index (χ3v) is 5.03. The molecule has 2 aromatic carbocycles. The fourth-order valence-corrected chi connectivity index (χ4v) is 3.45. The Balaban J connectivity index is 1.44. The highest BCUT2D eigenvalue weighted by atomic mass is 16.5. The lowest BCUT2D eigenvalue weighted by Crippen LogP contribution is -2.25. The number of aryl methyl sites for hydroxylation is 1. The normalized spacial score (nSPS) is 12.5. The zero-order valence-corrected chi connectivity index (χ0v) is 17.2. The Morgan fingerprint density at radius 3 is 2.71 bits per heavy atom. The predicted octanol–water partition coefficient (Wildman–Crippen LogP) is 2.92. The van der Waals surface area contributed by atoms with Crippen LogP contribution in [0.1, 0.15) is 37.7 Å². The van der Waals surface area contributed by atoms with Gasteiger partial charge in [0.15, 0.2) is 19.0 Å². The first-order valence-electron chi connectivity index (χ1n) is 9.77. The maximum Gasteiger partial charge on any atom is 0.342 e. The van der Waals surface area contributed by atoms with Gasteiger partial charge in [-0.25, -0.2) is 4.79 Å². The van der Waals surface area contributed by atoms with Crippen molar-refractivity contribution in [2.24, 2.45) is 0 Å². The van der Waals surface area contributed by atoms with Crippen molar-refractivity contribution < 1.29 is 23.9 Å². The standard InChI is InChI=1S/C23H21N3O5/c1-14-22(15(2)26(25-14)11-16-6-4-3-5-7-16)23(29)31-12-19(27)17-8-9-20-18(10-17)24-21(28)13-30-20/h3-10H,11-13H2,1-2H3,(H,24,28). The van der Waals surface area contributed by atoms with Crippen LogP contribution in [-0.4, -0.2) is 40.7 Å². The van der Waals surface area contributed by atoms with Crippen LogP contribution in [0.2, 0.25) is 0 Å². The van der Waals surface area contributed by atoms with Crippen molar-refractivity contribution >= 4 is 23.3 Å². The van der Waals surface area contributed by atoms with Gasteiger partial charge in [0.2, 0.25) is 0 Å². The Morgan fingerprint density at radius 1 is 1.16 bits per heavy atom. The summed E-state index contributed by atoms with van der Waals surface area (Å²) in [5.41, 5.74) is 3.36. The highest BCUT2D eigenvalue weighted by molar-refractivity contribution is 6.02. The average Bonchev–Trinajstić information content (AvgIpc) is 3.04. The lowest BCUT2D eigenvalue weighted by Gasteiger charge is -2.18. The van der Waals surface area contributed by atoms with Gasteiger partial charge in [-0.15, -0.1) is 0 Å². The van der Waals surface area contributed by atoms with E-state index in [2.05, 4.69) is 10.4 Å². The number of carbonyl (C=O) groups is 3. The molecule has 2 heterocycles. The second-order valence-electron chi connectivity index (χ2n) is 7.24. The van der Waals surface area contributed by atoms with E-state index in [0.717, 1.165) is 5.56 Å². The van der Waals surface area contributed by atoms with Crippen LogP contribution in [0, 0.1) is 13.8 Å². The molecule has 8 heteroatoms. The van der Waals surface area contributed by atoms with Gasteiger partial charge in [0.1, 0.15) is 11.3 Å². The van der Waals surface area contributed by atoms with Crippen LogP contribution in [0.15, 0.2) is 48.5 Å². The minimum Gasteiger partial charge on any atom is -0.482 e. The van der Waals surface area contributed by atoms with Crippen molar-refractivity contribution in [3.8, 4) is 5.75 Å². The Hall–Kier alpha value is -3.94. The molecule has 0 aliphatic carbocycles. The Morgan fingerprint density at radius 2 is 1.94 bits per heavy atom. The van der Waals surface area contributed by atoms with Crippen LogP contribution < -0.4 is 10.1 Å². The minimum atomic E-state index is -0.600. The molecule has 1 aliphatic rings. The van der Waals surface area contributed by atoms with E-state index in [4.69, 9.17) is 9.47 Å². The number of nitrogens with zero attached hydrogens (tertiary/aromatic N) is 2. The molecular formula is C23H21N3O5. The van der Waals surface area contributed by atoms with Crippen LogP contribution in [0.25, 0.3) is 0 Å². The number of anilines is 1. The summed E-state index contributed by atoms with van der Waals surface area (Å²) in [5, 5.41) is 7.09. The topological polar surface area (TPSA) is 99.5 Å². The maximum absolute atomic E-state index is 12.7. The molecule has 0 atom stereocenters. The van der Waals surface area contributed by atoms with E-state index in [0.29, 0.717) is 40.5 Å². The molecule has 0 saturated heterocycles. The molecule has 158 valence electrons. The molecule has 4 rings (SSSR count). The monoisotopic (exact) mass is 419 g/mol. The van der Waals surface area contributed by atoms with E-state index in [9.17, 15) is 14.4 Å². The van der Waals surface area contributed by atoms with Crippen LogP contribution in [0.5, 0.6) is 5.75 Å². The molecule has 1 N–H and O–H groups in total. The highest BCUT2D eigenvalue weighted by Crippen LogP contribution is 2.28. The van der Waals surface area contributed by atoms with Gasteiger partial charge in [-0.1, -0.05) is 30.3 Å². The van der Waals surface area contributed by atoms with Crippen molar-refractivity contribution in [3.63, 3.8) is 0 Å². The van der Waals surface area contributed by atoms with Gasteiger partial charge in [0, 0.05) is 5.56 Å². The number of hydrogen-bond acceptors (Lipinski definition) is 6. The summed E-state index contributed by atoms with van der Waals surface area (Å²) in [6, 6.07) is 14.5. The number of nitrogens with one attached hydrogen (secondary N) is 1. The molecule has 31 heavy (non-hydrogen) atoms. The van der Waals surface area contributed by atoms with Crippen LogP contribution in [0.3, 0.4) is 0 Å². The average molecular weight is 419 g/mol. The van der Waals surface area contributed by atoms with E-state index in [1.54, 1.807) is 30.7 Å². The molecule has 0 radical (unpaired) electrons. The summed E-state index contributed by atoms with van der Waals surface area (Å²) < 4.78 is 12.3. The molecule has 1 amide bonds. The first kappa shape index (κ1) is 20.3. The summed E-state index contributed by atoms with van der Waals surface area (Å²) >= 11 is 0. The Kier molecular flexibility index (Phi) is 5.53. The third-order valence-electron chi connectivity index (χ3n) is 5.03. The first-order valence-corrected chi connectivity index (χ1v) is 9.77. The molecule has 1 aromatic heterocycles. The van der Waals surface area contributed by atoms with Crippen LogP contribution in [-0.2, 0) is 16.1 Å². The quantitative estimate of drug-likeness (QED) is 0.487. The molecule has 0 bridgehead atoms. The van der Waals surface area contributed by atoms with Crippen molar-refractivity contribution in [3.05, 3.63) is 76.6 Å². The van der Waals surface area contributed by atoms with Gasteiger partial charge < -0.3 is 14.8 Å². The third kappa shape index (κ3) is 4.32. The van der Waals surface area contributed by atoms with E-state index in [-0.39, 0.29) is 18.3 Å². The molecule has 3 aromatic rings. The fraction of sp³-hybridized carbons (Fsp3) is 0.217. The number of carbonyl (C=O) groups excluding carboxylic acids is 3. The largest absolute Gasteiger partial charge is 0.482 e. The van der Waals surface area contributed by atoms with Crippen molar-refractivity contribution in [2.45, 2.75) is 20.4 Å². The van der Waals surface area contributed by atoms with Gasteiger partial charge in [-0.3, -0.25) is 14.3 Å². The van der Waals surface area contributed by atoms with E-state index in [1.165, 1.54) is 6.07 Å². The van der Waals surface area contributed by atoms with E-state index < -0.39 is 12.6 Å². The van der Waals surface area contributed by atoms with Crippen molar-refractivity contribution in [2.75, 3.05) is 18.5 Å². The number of benzene rings is 2. The molecule has 0 unspecified atom stereocenters. The number of ketones is 1. The first-order chi connectivity index (χ1) is 14.9. The van der Waals surface area contributed by atoms with Gasteiger partial charge in [0.05, 0.1) is 23.6 Å². The number of fused-ring (bicyclic) bond motifs is 1. The second kappa shape index (κ2) is 8.43. The number of aromatic nitrogens is 2. The number of esters is 1. The van der Waals surface area contributed by atoms with Crippen molar-refractivity contribution in [1.82, 2.24) is 9.78 Å². The second-order valence-corrected chi connectivity index (χ2v) is 7.24. The van der Waals surface area contributed by atoms with Crippen molar-refractivity contribution in [1.29, 1.82) is 0 Å². The molecular weight excluding hydrogens is 398 g/mol. The summed E-state index contributed by atoms with van der Waals surface area (Å²) in [6.07, 6.45) is 0. The smallest absolute Gasteiger partial charge is 0.342 e. The fourth-order valence-electron chi connectivity index (χ4n) is 3.45. The molecule has 1 aliphatic heterocycles. The molecule has 8 nitrogen and oxygen atoms in total. The molecule has 0 saturated carbocycles. The van der Waals surface area contributed by atoms with Gasteiger partial charge in [-0.2, -0.15) is 5.10 Å². The minimum absolute atomic E-state index is 0.0609.